The van der Waals surface area contributed by atoms with E-state index in [4.69, 9.17) is 12.6 Å². The number of rotatable bonds is 2. The van der Waals surface area contributed by atoms with Crippen LogP contribution in [0.25, 0.3) is 0 Å². The van der Waals surface area contributed by atoms with Crippen molar-refractivity contribution in [1.29, 1.82) is 0 Å². The van der Waals surface area contributed by atoms with Gasteiger partial charge in [-0.05, 0) is 33.3 Å². The van der Waals surface area contributed by atoms with Gasteiger partial charge >= 0.3 is 5.97 Å². The molecular weight excluding hydrogens is 215 g/mol. The van der Waals surface area contributed by atoms with Crippen molar-refractivity contribution < 1.29 is 14.3 Å². The molecule has 4 heteroatoms. The van der Waals surface area contributed by atoms with E-state index >= 15 is 0 Å². The van der Waals surface area contributed by atoms with Crippen LogP contribution in [0.1, 0.15) is 36.7 Å². The first-order valence-electron chi connectivity index (χ1n) is 5.34. The fraction of sp³-hybridized carbons (Fsp3) is 0.385. The maximum absolute atomic E-state index is 11.9. The Morgan fingerprint density at radius 1 is 1.24 bits per heavy atom. The number of Topliss-reactive ketones (excluding diaryl/α,β-unsaturated/α-hetero) is 1. The lowest BCUT2D eigenvalue weighted by Gasteiger charge is -2.19. The summed E-state index contributed by atoms with van der Waals surface area (Å²) >= 11 is 0. The van der Waals surface area contributed by atoms with Gasteiger partial charge in [0.25, 0.3) is 5.78 Å². The molecule has 0 fully saturated rings. The first-order chi connectivity index (χ1) is 7.70. The number of hydrogen-bond donors (Lipinski definition) is 0. The van der Waals surface area contributed by atoms with E-state index < -0.39 is 17.4 Å². The summed E-state index contributed by atoms with van der Waals surface area (Å²) in [6.07, 6.45) is 0. The quantitative estimate of drug-likeness (QED) is 0.333. The zero-order valence-electron chi connectivity index (χ0n) is 10.5. The number of carbonyl (C=O) groups is 2. The molecule has 88 valence electrons. The lowest BCUT2D eigenvalue weighted by Crippen LogP contribution is -2.29. The third kappa shape index (κ3) is 3.73. The second-order valence-electron chi connectivity index (χ2n) is 4.91. The van der Waals surface area contributed by atoms with Crippen LogP contribution in [0.4, 0.5) is 0 Å². The van der Waals surface area contributed by atoms with E-state index in [9.17, 15) is 9.59 Å². The summed E-state index contributed by atoms with van der Waals surface area (Å²) < 4.78 is 5.02. The smallest absolute Gasteiger partial charge is 0.380 e. The molecule has 0 saturated carbocycles. The Labute approximate surface area is 103 Å². The standard InChI is InChI=1S/C13H15BO3/c1-8-5-6-9(14)7-10(8)11(15)12(16)17-13(2,3)4/h5-7H,1-4H3. The Hall–Kier alpha value is -1.58. The van der Waals surface area contributed by atoms with Gasteiger partial charge in [0.15, 0.2) is 0 Å². The molecule has 1 aromatic rings. The molecule has 0 N–H and O–H groups in total. The monoisotopic (exact) mass is 230 g/mol. The molecule has 0 saturated heterocycles. The van der Waals surface area contributed by atoms with Crippen molar-refractivity contribution in [3.63, 3.8) is 0 Å². The lowest BCUT2D eigenvalue weighted by atomic mass is 9.91. The van der Waals surface area contributed by atoms with Crippen molar-refractivity contribution in [3.05, 3.63) is 29.3 Å². The summed E-state index contributed by atoms with van der Waals surface area (Å²) in [5.74, 6) is -1.52. The van der Waals surface area contributed by atoms with Crippen molar-refractivity contribution in [3.8, 4) is 0 Å². The first-order valence-corrected chi connectivity index (χ1v) is 5.34. The average Bonchev–Trinajstić information content (AvgIpc) is 2.18. The summed E-state index contributed by atoms with van der Waals surface area (Å²) in [6, 6.07) is 4.87. The van der Waals surface area contributed by atoms with Gasteiger partial charge in [-0.2, -0.15) is 0 Å². The summed E-state index contributed by atoms with van der Waals surface area (Å²) in [5.41, 5.74) is 0.762. The molecule has 1 rings (SSSR count). The van der Waals surface area contributed by atoms with E-state index in [1.807, 2.05) is 0 Å². The maximum atomic E-state index is 11.9. The van der Waals surface area contributed by atoms with E-state index in [-0.39, 0.29) is 0 Å². The fourth-order valence-corrected chi connectivity index (χ4v) is 1.32. The Kier molecular flexibility index (Phi) is 3.76. The Morgan fingerprint density at radius 2 is 1.82 bits per heavy atom. The highest BCUT2D eigenvalue weighted by Crippen LogP contribution is 2.12. The summed E-state index contributed by atoms with van der Waals surface area (Å²) in [6.45, 7) is 6.89. The van der Waals surface area contributed by atoms with Crippen molar-refractivity contribution in [2.75, 3.05) is 0 Å². The van der Waals surface area contributed by atoms with Crippen molar-refractivity contribution in [2.45, 2.75) is 33.3 Å². The van der Waals surface area contributed by atoms with Crippen LogP contribution in [0.5, 0.6) is 0 Å². The number of ether oxygens (including phenoxy) is 1. The molecule has 0 aromatic heterocycles. The number of esters is 1. The number of aryl methyl sites for hydroxylation is 1. The molecule has 3 nitrogen and oxygen atoms in total. The maximum Gasteiger partial charge on any atom is 0.380 e. The van der Waals surface area contributed by atoms with E-state index in [1.165, 1.54) is 6.07 Å². The third-order valence-corrected chi connectivity index (χ3v) is 2.09. The molecule has 1 aromatic carbocycles. The molecule has 0 aliphatic rings. The van der Waals surface area contributed by atoms with Crippen LogP contribution in [0.15, 0.2) is 18.2 Å². The van der Waals surface area contributed by atoms with Crippen LogP contribution in [0, 0.1) is 6.92 Å². The van der Waals surface area contributed by atoms with Gasteiger partial charge in [-0.25, -0.2) is 4.79 Å². The Balaban J connectivity index is 2.97. The number of benzene rings is 1. The van der Waals surface area contributed by atoms with E-state index in [1.54, 1.807) is 39.8 Å². The molecule has 0 atom stereocenters. The molecule has 0 unspecified atom stereocenters. The predicted molar refractivity (Wildman–Crippen MR) is 66.7 cm³/mol. The lowest BCUT2D eigenvalue weighted by molar-refractivity contribution is -0.148. The minimum absolute atomic E-state index is 0.291. The molecule has 17 heavy (non-hydrogen) atoms. The van der Waals surface area contributed by atoms with Crippen LogP contribution < -0.4 is 5.46 Å². The van der Waals surface area contributed by atoms with Gasteiger partial charge in [0.2, 0.25) is 0 Å². The van der Waals surface area contributed by atoms with Gasteiger partial charge in [-0.1, -0.05) is 23.7 Å². The Morgan fingerprint density at radius 3 is 2.35 bits per heavy atom. The topological polar surface area (TPSA) is 43.4 Å². The van der Waals surface area contributed by atoms with Crippen LogP contribution in [-0.2, 0) is 9.53 Å². The summed E-state index contributed by atoms with van der Waals surface area (Å²) in [7, 11) is 5.59. The third-order valence-electron chi connectivity index (χ3n) is 2.09. The van der Waals surface area contributed by atoms with Crippen molar-refractivity contribution >= 4 is 25.1 Å². The second kappa shape index (κ2) is 4.74. The van der Waals surface area contributed by atoms with Gasteiger partial charge in [0, 0.05) is 5.56 Å². The summed E-state index contributed by atoms with van der Waals surface area (Å²) in [5, 5.41) is 0. The van der Waals surface area contributed by atoms with Crippen LogP contribution >= 0.6 is 0 Å². The molecule has 0 bridgehead atoms. The largest absolute Gasteiger partial charge is 0.454 e. The van der Waals surface area contributed by atoms with Gasteiger partial charge in [0.05, 0.1) is 0 Å². The van der Waals surface area contributed by atoms with Gasteiger partial charge in [0.1, 0.15) is 13.4 Å². The number of hydrogen-bond acceptors (Lipinski definition) is 3. The molecule has 0 aliphatic carbocycles. The highest BCUT2D eigenvalue weighted by Gasteiger charge is 2.25. The van der Waals surface area contributed by atoms with E-state index in [2.05, 4.69) is 0 Å². The molecule has 0 amide bonds. The normalized spacial score (nSPS) is 11.1. The van der Waals surface area contributed by atoms with Gasteiger partial charge in [-0.15, -0.1) is 0 Å². The highest BCUT2D eigenvalue weighted by atomic mass is 16.6. The SMILES string of the molecule is [B]c1ccc(C)c(C(=O)C(=O)OC(C)(C)C)c1. The van der Waals surface area contributed by atoms with Crippen LogP contribution in [0.2, 0.25) is 0 Å². The van der Waals surface area contributed by atoms with Crippen molar-refractivity contribution in [1.82, 2.24) is 0 Å². The van der Waals surface area contributed by atoms with Gasteiger partial charge in [-0.3, -0.25) is 4.79 Å². The predicted octanol–water partition coefficient (Wildman–Crippen LogP) is 1.31. The van der Waals surface area contributed by atoms with E-state index in [0.29, 0.717) is 16.6 Å². The molecule has 0 spiro atoms. The van der Waals surface area contributed by atoms with Crippen LogP contribution in [0.3, 0.4) is 0 Å². The number of ketones is 1. The van der Waals surface area contributed by atoms with Crippen molar-refractivity contribution in [2.24, 2.45) is 0 Å². The highest BCUT2D eigenvalue weighted by molar-refractivity contribution is 6.42. The summed E-state index contributed by atoms with van der Waals surface area (Å²) in [4.78, 5) is 23.5. The van der Waals surface area contributed by atoms with E-state index in [0.717, 1.165) is 0 Å². The molecule has 0 aliphatic heterocycles. The fourth-order valence-electron chi connectivity index (χ4n) is 1.32. The second-order valence-corrected chi connectivity index (χ2v) is 4.91. The minimum atomic E-state index is -0.855. The Bertz CT molecular complexity index is 458. The zero-order valence-corrected chi connectivity index (χ0v) is 10.5. The minimum Gasteiger partial charge on any atom is -0.454 e. The van der Waals surface area contributed by atoms with Gasteiger partial charge < -0.3 is 4.74 Å². The molecule has 2 radical (unpaired) electrons. The van der Waals surface area contributed by atoms with Crippen LogP contribution in [-0.4, -0.2) is 25.2 Å². The molecular formula is C13H15BO3. The number of carbonyl (C=O) groups excluding carboxylic acids is 2. The first kappa shape index (κ1) is 13.5. The zero-order chi connectivity index (χ0) is 13.2. The molecule has 0 heterocycles. The average molecular weight is 230 g/mol.